The molecule has 7 nitrogen and oxygen atoms in total. The zero-order valence-corrected chi connectivity index (χ0v) is 19.3. The van der Waals surface area contributed by atoms with Gasteiger partial charge in [-0.15, -0.1) is 0 Å². The minimum absolute atomic E-state index is 0.138. The zero-order valence-electron chi connectivity index (χ0n) is 17.7. The normalized spacial score (nSPS) is 11.8. The van der Waals surface area contributed by atoms with E-state index >= 15 is 0 Å². The summed E-state index contributed by atoms with van der Waals surface area (Å²) >= 11 is 6.03. The van der Waals surface area contributed by atoms with Crippen LogP contribution in [-0.4, -0.2) is 24.4 Å². The van der Waals surface area contributed by atoms with E-state index in [-0.39, 0.29) is 17.0 Å². The molecule has 0 atom stereocenters. The molecule has 1 aromatic heterocycles. The van der Waals surface area contributed by atoms with Gasteiger partial charge in [0.15, 0.2) is 0 Å². The topological polar surface area (TPSA) is 96.3 Å². The van der Waals surface area contributed by atoms with Gasteiger partial charge in [0.05, 0.1) is 21.8 Å². The minimum Gasteiger partial charge on any atom is -0.295 e. The Balaban J connectivity index is 1.50. The molecule has 0 saturated heterocycles. The Hall–Kier alpha value is -3.46. The molecule has 0 aliphatic carbocycles. The zero-order chi connectivity index (χ0) is 23.4. The van der Waals surface area contributed by atoms with Crippen molar-refractivity contribution < 1.29 is 8.42 Å². The summed E-state index contributed by atoms with van der Waals surface area (Å²) in [5.41, 5.74) is 2.79. The molecule has 0 aliphatic heterocycles. The lowest BCUT2D eigenvalue weighted by atomic mass is 10.2. The SMILES string of the molecule is Cc1[nH]n(-c2cccc(Cl)c2)c(=O)c1C=Nc1ccc(S(=O)(=O)NCc2ccccc2)cc1. The number of H-pyrrole nitrogens is 1. The van der Waals surface area contributed by atoms with Gasteiger partial charge >= 0.3 is 0 Å². The highest BCUT2D eigenvalue weighted by Crippen LogP contribution is 2.18. The minimum atomic E-state index is -3.66. The van der Waals surface area contributed by atoms with E-state index < -0.39 is 10.0 Å². The molecule has 0 spiro atoms. The van der Waals surface area contributed by atoms with E-state index in [4.69, 9.17) is 11.6 Å². The smallest absolute Gasteiger partial charge is 0.280 e. The van der Waals surface area contributed by atoms with Crippen molar-refractivity contribution in [3.8, 4) is 5.69 Å². The van der Waals surface area contributed by atoms with Crippen LogP contribution in [0.15, 0.2) is 93.5 Å². The van der Waals surface area contributed by atoms with Crippen molar-refractivity contribution in [3.05, 3.63) is 111 Å². The van der Waals surface area contributed by atoms with Crippen molar-refractivity contribution in [2.45, 2.75) is 18.4 Å². The Bertz CT molecular complexity index is 1460. The Morgan fingerprint density at radius 3 is 2.45 bits per heavy atom. The van der Waals surface area contributed by atoms with Gasteiger partial charge in [-0.3, -0.25) is 14.9 Å². The molecule has 9 heteroatoms. The summed E-state index contributed by atoms with van der Waals surface area (Å²) in [6.07, 6.45) is 1.46. The number of benzene rings is 3. The van der Waals surface area contributed by atoms with Crippen LogP contribution >= 0.6 is 11.6 Å². The number of hydrogen-bond donors (Lipinski definition) is 2. The second-order valence-corrected chi connectivity index (χ2v) is 9.54. The molecule has 0 radical (unpaired) electrons. The number of rotatable bonds is 7. The number of aliphatic imine (C=N–C) groups is 1. The lowest BCUT2D eigenvalue weighted by molar-refractivity contribution is 0.581. The third kappa shape index (κ3) is 5.31. The quantitative estimate of drug-likeness (QED) is 0.385. The Labute approximate surface area is 196 Å². The van der Waals surface area contributed by atoms with E-state index in [1.165, 1.54) is 23.0 Å². The Morgan fingerprint density at radius 2 is 1.76 bits per heavy atom. The highest BCUT2D eigenvalue weighted by molar-refractivity contribution is 7.89. The van der Waals surface area contributed by atoms with Crippen molar-refractivity contribution in [3.63, 3.8) is 0 Å². The monoisotopic (exact) mass is 480 g/mol. The fourth-order valence-corrected chi connectivity index (χ4v) is 4.42. The molecule has 168 valence electrons. The first-order valence-corrected chi connectivity index (χ1v) is 11.9. The molecular formula is C24H21ClN4O3S. The van der Waals surface area contributed by atoms with Gasteiger partial charge in [0, 0.05) is 23.5 Å². The first kappa shape index (κ1) is 22.7. The standard InChI is InChI=1S/C24H21ClN4O3S/c1-17-23(24(30)29(28-17)21-9-5-8-19(25)14-21)16-26-20-10-12-22(13-11-20)33(31,32)27-15-18-6-3-2-4-7-18/h2-14,16,27-28H,15H2,1H3. The number of sulfonamides is 1. The lowest BCUT2D eigenvalue weighted by Crippen LogP contribution is -2.23. The molecule has 0 saturated carbocycles. The number of aryl methyl sites for hydroxylation is 1. The van der Waals surface area contributed by atoms with E-state index in [0.29, 0.717) is 27.7 Å². The number of nitrogens with zero attached hydrogens (tertiary/aromatic N) is 2. The predicted molar refractivity (Wildman–Crippen MR) is 130 cm³/mol. The largest absolute Gasteiger partial charge is 0.295 e. The van der Waals surface area contributed by atoms with E-state index in [9.17, 15) is 13.2 Å². The van der Waals surface area contributed by atoms with Crippen LogP contribution in [0.3, 0.4) is 0 Å². The van der Waals surface area contributed by atoms with Gasteiger partial charge in [-0.25, -0.2) is 17.8 Å². The van der Waals surface area contributed by atoms with Gasteiger partial charge in [-0.2, -0.15) is 0 Å². The lowest BCUT2D eigenvalue weighted by Gasteiger charge is -2.07. The van der Waals surface area contributed by atoms with Crippen molar-refractivity contribution in [1.29, 1.82) is 0 Å². The van der Waals surface area contributed by atoms with Crippen LogP contribution in [0.1, 0.15) is 16.8 Å². The summed E-state index contributed by atoms with van der Waals surface area (Å²) in [6, 6.07) is 22.4. The molecule has 4 rings (SSSR count). The Kier molecular flexibility index (Phi) is 6.60. The maximum Gasteiger partial charge on any atom is 0.280 e. The van der Waals surface area contributed by atoms with Gasteiger partial charge in [-0.05, 0) is 55.0 Å². The van der Waals surface area contributed by atoms with Crippen LogP contribution in [0, 0.1) is 6.92 Å². The van der Waals surface area contributed by atoms with Crippen molar-refractivity contribution in [2.75, 3.05) is 0 Å². The third-order valence-electron chi connectivity index (χ3n) is 4.98. The average molecular weight is 481 g/mol. The highest BCUT2D eigenvalue weighted by Gasteiger charge is 2.14. The molecular weight excluding hydrogens is 460 g/mol. The summed E-state index contributed by atoms with van der Waals surface area (Å²) in [5.74, 6) is 0. The van der Waals surface area contributed by atoms with Crippen LogP contribution < -0.4 is 10.3 Å². The van der Waals surface area contributed by atoms with E-state index in [1.807, 2.05) is 30.3 Å². The van der Waals surface area contributed by atoms with E-state index in [0.717, 1.165) is 5.56 Å². The predicted octanol–water partition coefficient (Wildman–Crippen LogP) is 4.36. The number of halogens is 1. The molecule has 2 N–H and O–H groups in total. The van der Waals surface area contributed by atoms with Gasteiger partial charge in [0.1, 0.15) is 0 Å². The summed E-state index contributed by atoms with van der Waals surface area (Å²) in [5, 5.41) is 3.54. The van der Waals surface area contributed by atoms with Crippen molar-refractivity contribution in [2.24, 2.45) is 4.99 Å². The summed E-state index contributed by atoms with van der Waals surface area (Å²) < 4.78 is 29.1. The first-order chi connectivity index (χ1) is 15.8. The fraction of sp³-hybridized carbons (Fsp3) is 0.0833. The highest BCUT2D eigenvalue weighted by atomic mass is 35.5. The van der Waals surface area contributed by atoms with Crippen LogP contribution in [0.5, 0.6) is 0 Å². The number of aromatic nitrogens is 2. The molecule has 3 aromatic carbocycles. The number of nitrogens with one attached hydrogen (secondary N) is 2. The second kappa shape index (κ2) is 9.58. The summed E-state index contributed by atoms with van der Waals surface area (Å²) in [4.78, 5) is 17.3. The third-order valence-corrected chi connectivity index (χ3v) is 6.63. The van der Waals surface area contributed by atoms with E-state index in [1.54, 1.807) is 43.3 Å². The van der Waals surface area contributed by atoms with Gasteiger partial charge < -0.3 is 0 Å². The number of hydrogen-bond acceptors (Lipinski definition) is 4. The van der Waals surface area contributed by atoms with Gasteiger partial charge in [0.2, 0.25) is 10.0 Å². The van der Waals surface area contributed by atoms with Crippen LogP contribution in [0.25, 0.3) is 5.69 Å². The molecule has 0 amide bonds. The van der Waals surface area contributed by atoms with Crippen LogP contribution in [0.2, 0.25) is 5.02 Å². The van der Waals surface area contributed by atoms with Crippen LogP contribution in [0.4, 0.5) is 5.69 Å². The average Bonchev–Trinajstić information content (AvgIpc) is 3.10. The molecule has 0 aliphatic rings. The van der Waals surface area contributed by atoms with Gasteiger partial charge in [-0.1, -0.05) is 48.0 Å². The Morgan fingerprint density at radius 1 is 1.03 bits per heavy atom. The number of aromatic amines is 1. The molecule has 0 unspecified atom stereocenters. The summed E-state index contributed by atoms with van der Waals surface area (Å²) in [6.45, 7) is 1.98. The molecule has 0 bridgehead atoms. The molecule has 4 aromatic rings. The van der Waals surface area contributed by atoms with Gasteiger partial charge in [0.25, 0.3) is 5.56 Å². The van der Waals surface area contributed by atoms with Crippen LogP contribution in [-0.2, 0) is 16.6 Å². The second-order valence-electron chi connectivity index (χ2n) is 7.33. The first-order valence-electron chi connectivity index (χ1n) is 10.1. The maximum atomic E-state index is 12.8. The molecule has 1 heterocycles. The van der Waals surface area contributed by atoms with E-state index in [2.05, 4.69) is 14.8 Å². The fourth-order valence-electron chi connectivity index (χ4n) is 3.22. The van der Waals surface area contributed by atoms with Crippen molar-refractivity contribution in [1.82, 2.24) is 14.5 Å². The molecule has 33 heavy (non-hydrogen) atoms. The molecule has 0 fully saturated rings. The van der Waals surface area contributed by atoms with Crippen molar-refractivity contribution >= 4 is 33.5 Å². The maximum absolute atomic E-state index is 12.8. The summed E-state index contributed by atoms with van der Waals surface area (Å²) in [7, 11) is -3.66.